The number of rotatable bonds is 6. The molecule has 1 heteroatoms. The number of nitrogens with one attached hydrogen (secondary N) is 1. The first-order valence-electron chi connectivity index (χ1n) is 6.90. The molecular formula is C14H29N. The Bertz CT molecular complexity index is 163. The van der Waals surface area contributed by atoms with Gasteiger partial charge in [0.1, 0.15) is 0 Å². The highest BCUT2D eigenvalue weighted by atomic mass is 14.9. The molecule has 1 N–H and O–H groups in total. The Labute approximate surface area is 96.0 Å². The predicted molar refractivity (Wildman–Crippen MR) is 68.2 cm³/mol. The van der Waals surface area contributed by atoms with Crippen LogP contribution in [-0.2, 0) is 0 Å². The molecule has 0 aromatic carbocycles. The second kappa shape index (κ2) is 6.52. The molecule has 0 saturated heterocycles. The third kappa shape index (κ3) is 4.55. The van der Waals surface area contributed by atoms with E-state index < -0.39 is 0 Å². The van der Waals surface area contributed by atoms with E-state index in [1.54, 1.807) is 0 Å². The molecule has 1 saturated carbocycles. The van der Waals surface area contributed by atoms with Crippen LogP contribution in [0.5, 0.6) is 0 Å². The normalized spacial score (nSPS) is 25.4. The molecule has 1 aliphatic rings. The molecule has 0 spiro atoms. The van der Waals surface area contributed by atoms with E-state index in [-0.39, 0.29) is 0 Å². The van der Waals surface area contributed by atoms with Crippen molar-refractivity contribution in [3.8, 4) is 0 Å². The summed E-state index contributed by atoms with van der Waals surface area (Å²) < 4.78 is 0. The summed E-state index contributed by atoms with van der Waals surface area (Å²) in [6.07, 6.45) is 11.2. The summed E-state index contributed by atoms with van der Waals surface area (Å²) >= 11 is 0. The van der Waals surface area contributed by atoms with Crippen LogP contribution in [0.25, 0.3) is 0 Å². The molecule has 15 heavy (non-hydrogen) atoms. The van der Waals surface area contributed by atoms with Crippen LogP contribution in [0.2, 0.25) is 0 Å². The van der Waals surface area contributed by atoms with Crippen LogP contribution in [0, 0.1) is 5.41 Å². The van der Waals surface area contributed by atoms with Crippen LogP contribution >= 0.6 is 0 Å². The van der Waals surface area contributed by atoms with Gasteiger partial charge in [-0.3, -0.25) is 0 Å². The zero-order valence-electron chi connectivity index (χ0n) is 10.9. The molecule has 1 fully saturated rings. The second-order valence-corrected chi connectivity index (χ2v) is 5.80. The third-order valence-corrected chi connectivity index (χ3v) is 3.93. The first-order valence-corrected chi connectivity index (χ1v) is 6.90. The molecule has 1 rings (SSSR count). The fraction of sp³-hybridized carbons (Fsp3) is 1.00. The summed E-state index contributed by atoms with van der Waals surface area (Å²) in [5.41, 5.74) is 0.531. The van der Waals surface area contributed by atoms with Crippen molar-refractivity contribution in [1.82, 2.24) is 5.32 Å². The molecule has 0 heterocycles. The van der Waals surface area contributed by atoms with E-state index in [1.165, 1.54) is 57.9 Å². The number of hydrogen-bond acceptors (Lipinski definition) is 1. The highest BCUT2D eigenvalue weighted by Crippen LogP contribution is 2.35. The van der Waals surface area contributed by atoms with Crippen molar-refractivity contribution in [3.05, 3.63) is 0 Å². The summed E-state index contributed by atoms with van der Waals surface area (Å²) in [6, 6.07) is 0.771. The van der Waals surface area contributed by atoms with Gasteiger partial charge in [0.25, 0.3) is 0 Å². The molecule has 0 aromatic heterocycles. The van der Waals surface area contributed by atoms with Crippen LogP contribution in [0.15, 0.2) is 0 Å². The first-order chi connectivity index (χ1) is 7.17. The molecule has 1 unspecified atom stereocenters. The van der Waals surface area contributed by atoms with Crippen LogP contribution in [-0.4, -0.2) is 12.6 Å². The number of hydrogen-bond donors (Lipinski definition) is 1. The highest BCUT2D eigenvalue weighted by molar-refractivity contribution is 4.87. The van der Waals surface area contributed by atoms with Crippen molar-refractivity contribution < 1.29 is 0 Å². The maximum atomic E-state index is 3.77. The van der Waals surface area contributed by atoms with Gasteiger partial charge >= 0.3 is 0 Å². The van der Waals surface area contributed by atoms with E-state index in [0.717, 1.165) is 6.04 Å². The Kier molecular flexibility index (Phi) is 5.66. The summed E-state index contributed by atoms with van der Waals surface area (Å²) in [5, 5.41) is 3.77. The van der Waals surface area contributed by atoms with Gasteiger partial charge in [0.15, 0.2) is 0 Å². The van der Waals surface area contributed by atoms with Crippen LogP contribution in [0.3, 0.4) is 0 Å². The monoisotopic (exact) mass is 211 g/mol. The lowest BCUT2D eigenvalue weighted by Gasteiger charge is -2.39. The summed E-state index contributed by atoms with van der Waals surface area (Å²) in [4.78, 5) is 0. The van der Waals surface area contributed by atoms with Crippen molar-refractivity contribution in [2.45, 2.75) is 78.2 Å². The molecule has 0 aliphatic heterocycles. The minimum absolute atomic E-state index is 0.531. The van der Waals surface area contributed by atoms with Gasteiger partial charge in [-0.25, -0.2) is 0 Å². The van der Waals surface area contributed by atoms with Gasteiger partial charge in [0, 0.05) is 6.04 Å². The Balaban J connectivity index is 2.13. The van der Waals surface area contributed by atoms with E-state index >= 15 is 0 Å². The lowest BCUT2D eigenvalue weighted by Crippen LogP contribution is -2.44. The van der Waals surface area contributed by atoms with Crippen LogP contribution in [0.1, 0.15) is 72.1 Å². The van der Waals surface area contributed by atoms with E-state index in [0.29, 0.717) is 5.41 Å². The minimum atomic E-state index is 0.531. The molecular weight excluding hydrogens is 182 g/mol. The Morgan fingerprint density at radius 1 is 1.13 bits per heavy atom. The predicted octanol–water partition coefficient (Wildman–Crippen LogP) is 4.13. The fourth-order valence-electron chi connectivity index (χ4n) is 2.70. The quantitative estimate of drug-likeness (QED) is 0.652. The SMILES string of the molecule is CCCCCCNC1CCCCC1(C)C. The fourth-order valence-corrected chi connectivity index (χ4v) is 2.70. The lowest BCUT2D eigenvalue weighted by atomic mass is 9.73. The molecule has 0 bridgehead atoms. The van der Waals surface area contributed by atoms with Crippen molar-refractivity contribution in [3.63, 3.8) is 0 Å². The van der Waals surface area contributed by atoms with Gasteiger partial charge in [-0.1, -0.05) is 52.9 Å². The Hall–Kier alpha value is -0.0400. The molecule has 1 nitrogen and oxygen atoms in total. The maximum absolute atomic E-state index is 3.77. The smallest absolute Gasteiger partial charge is 0.0118 e. The van der Waals surface area contributed by atoms with Gasteiger partial charge in [-0.15, -0.1) is 0 Å². The van der Waals surface area contributed by atoms with Crippen LogP contribution < -0.4 is 5.32 Å². The number of unbranched alkanes of at least 4 members (excludes halogenated alkanes) is 3. The molecule has 0 amide bonds. The first kappa shape index (κ1) is 13.0. The van der Waals surface area contributed by atoms with Gasteiger partial charge < -0.3 is 5.32 Å². The average molecular weight is 211 g/mol. The molecule has 0 aromatic rings. The molecule has 90 valence electrons. The molecule has 1 atom stereocenters. The maximum Gasteiger partial charge on any atom is 0.0118 e. The van der Waals surface area contributed by atoms with Crippen LogP contribution in [0.4, 0.5) is 0 Å². The third-order valence-electron chi connectivity index (χ3n) is 3.93. The lowest BCUT2D eigenvalue weighted by molar-refractivity contribution is 0.168. The van der Waals surface area contributed by atoms with Gasteiger partial charge in [-0.2, -0.15) is 0 Å². The standard InChI is InChI=1S/C14H29N/c1-4-5-6-9-12-15-13-10-7-8-11-14(13,2)3/h13,15H,4-12H2,1-3H3. The largest absolute Gasteiger partial charge is 0.313 e. The van der Waals surface area contributed by atoms with E-state index in [1.807, 2.05) is 0 Å². The summed E-state index contributed by atoms with van der Waals surface area (Å²) in [5.74, 6) is 0. The van der Waals surface area contributed by atoms with E-state index in [4.69, 9.17) is 0 Å². The van der Waals surface area contributed by atoms with Crippen molar-refractivity contribution >= 4 is 0 Å². The summed E-state index contributed by atoms with van der Waals surface area (Å²) in [7, 11) is 0. The van der Waals surface area contributed by atoms with Gasteiger partial charge in [-0.05, 0) is 31.2 Å². The van der Waals surface area contributed by atoms with E-state index in [2.05, 4.69) is 26.1 Å². The van der Waals surface area contributed by atoms with Crippen molar-refractivity contribution in [2.75, 3.05) is 6.54 Å². The Morgan fingerprint density at radius 2 is 1.93 bits per heavy atom. The Morgan fingerprint density at radius 3 is 2.60 bits per heavy atom. The van der Waals surface area contributed by atoms with Gasteiger partial charge in [0.2, 0.25) is 0 Å². The summed E-state index contributed by atoms with van der Waals surface area (Å²) in [6.45, 7) is 8.36. The second-order valence-electron chi connectivity index (χ2n) is 5.80. The zero-order chi connectivity index (χ0) is 11.1. The van der Waals surface area contributed by atoms with Gasteiger partial charge in [0.05, 0.1) is 0 Å². The molecule has 0 radical (unpaired) electrons. The average Bonchev–Trinajstić information content (AvgIpc) is 2.19. The zero-order valence-corrected chi connectivity index (χ0v) is 10.9. The van der Waals surface area contributed by atoms with Crippen molar-refractivity contribution in [1.29, 1.82) is 0 Å². The minimum Gasteiger partial charge on any atom is -0.313 e. The van der Waals surface area contributed by atoms with Crippen molar-refractivity contribution in [2.24, 2.45) is 5.41 Å². The molecule has 1 aliphatic carbocycles. The topological polar surface area (TPSA) is 12.0 Å². The van der Waals surface area contributed by atoms with E-state index in [9.17, 15) is 0 Å². The highest BCUT2D eigenvalue weighted by Gasteiger charge is 2.31.